The zero-order chi connectivity index (χ0) is 15.6. The molecule has 0 bridgehead atoms. The van der Waals surface area contributed by atoms with Gasteiger partial charge in [-0.15, -0.1) is 0 Å². The first kappa shape index (κ1) is 14.5. The number of rotatable bonds is 3. The predicted molar refractivity (Wildman–Crippen MR) is 93.6 cm³/mol. The molecular formula is C18H23N5. The SMILES string of the molecule is CCC1C=CC=C(c2cnc(N3CCNCC3)c3cncn23)C1. The molecule has 1 N–H and O–H groups in total. The Morgan fingerprint density at radius 3 is 2.96 bits per heavy atom. The number of fused-ring (bicyclic) bond motifs is 1. The topological polar surface area (TPSA) is 45.5 Å². The molecule has 23 heavy (non-hydrogen) atoms. The van der Waals surface area contributed by atoms with Gasteiger partial charge >= 0.3 is 0 Å². The van der Waals surface area contributed by atoms with Gasteiger partial charge < -0.3 is 10.2 Å². The molecule has 0 aromatic carbocycles. The second-order valence-electron chi connectivity index (χ2n) is 6.30. The Morgan fingerprint density at radius 2 is 2.13 bits per heavy atom. The first-order valence-electron chi connectivity index (χ1n) is 8.51. The number of hydrogen-bond acceptors (Lipinski definition) is 4. The fourth-order valence-corrected chi connectivity index (χ4v) is 3.48. The summed E-state index contributed by atoms with van der Waals surface area (Å²) in [6.07, 6.45) is 14.8. The molecule has 1 fully saturated rings. The molecule has 0 amide bonds. The standard InChI is InChI=1S/C18H23N5/c1-2-14-4-3-5-15(10-14)16-12-21-18(17-11-20-13-23(16)17)22-8-6-19-7-9-22/h3-5,11-14,19H,2,6-10H2,1H3. The molecule has 0 spiro atoms. The van der Waals surface area contributed by atoms with Crippen molar-refractivity contribution < 1.29 is 0 Å². The summed E-state index contributed by atoms with van der Waals surface area (Å²) in [6, 6.07) is 0. The normalized spacial score (nSPS) is 21.7. The van der Waals surface area contributed by atoms with Crippen molar-refractivity contribution in [2.24, 2.45) is 5.92 Å². The molecule has 0 saturated carbocycles. The van der Waals surface area contributed by atoms with E-state index in [4.69, 9.17) is 4.98 Å². The van der Waals surface area contributed by atoms with Gasteiger partial charge in [-0.05, 0) is 24.3 Å². The Hall–Kier alpha value is -2.14. The summed E-state index contributed by atoms with van der Waals surface area (Å²) < 4.78 is 2.20. The van der Waals surface area contributed by atoms with E-state index in [1.54, 1.807) is 0 Å². The van der Waals surface area contributed by atoms with Gasteiger partial charge in [-0.1, -0.05) is 25.2 Å². The Bertz CT molecular complexity index is 752. The Labute approximate surface area is 136 Å². The van der Waals surface area contributed by atoms with Crippen LogP contribution in [0.2, 0.25) is 0 Å². The minimum absolute atomic E-state index is 0.626. The van der Waals surface area contributed by atoms with Gasteiger partial charge in [0, 0.05) is 26.2 Å². The third-order valence-corrected chi connectivity index (χ3v) is 4.87. The van der Waals surface area contributed by atoms with E-state index in [-0.39, 0.29) is 0 Å². The van der Waals surface area contributed by atoms with Crippen LogP contribution in [0.25, 0.3) is 11.1 Å². The van der Waals surface area contributed by atoms with E-state index in [9.17, 15) is 0 Å². The van der Waals surface area contributed by atoms with Gasteiger partial charge in [-0.3, -0.25) is 4.40 Å². The molecule has 2 aromatic heterocycles. The lowest BCUT2D eigenvalue weighted by molar-refractivity contribution is 0.585. The van der Waals surface area contributed by atoms with Crippen molar-refractivity contribution in [2.45, 2.75) is 19.8 Å². The zero-order valence-electron chi connectivity index (χ0n) is 13.6. The Kier molecular flexibility index (Phi) is 3.87. The quantitative estimate of drug-likeness (QED) is 0.946. The molecule has 1 atom stereocenters. The number of piperazine rings is 1. The summed E-state index contributed by atoms with van der Waals surface area (Å²) in [5, 5.41) is 3.39. The van der Waals surface area contributed by atoms with Crippen LogP contribution < -0.4 is 10.2 Å². The third-order valence-electron chi connectivity index (χ3n) is 4.87. The highest BCUT2D eigenvalue weighted by Crippen LogP contribution is 2.30. The number of nitrogens with one attached hydrogen (secondary N) is 1. The molecule has 120 valence electrons. The largest absolute Gasteiger partial charge is 0.352 e. The second kappa shape index (κ2) is 6.16. The van der Waals surface area contributed by atoms with Crippen molar-refractivity contribution in [1.82, 2.24) is 19.7 Å². The molecule has 1 aliphatic carbocycles. The summed E-state index contributed by atoms with van der Waals surface area (Å²) in [5.74, 6) is 1.67. The molecule has 0 radical (unpaired) electrons. The molecular weight excluding hydrogens is 286 g/mol. The average molecular weight is 309 g/mol. The van der Waals surface area contributed by atoms with Gasteiger partial charge in [-0.2, -0.15) is 0 Å². The maximum absolute atomic E-state index is 4.80. The van der Waals surface area contributed by atoms with Crippen LogP contribution in [0.4, 0.5) is 5.82 Å². The van der Waals surface area contributed by atoms with Crippen LogP contribution in [-0.2, 0) is 0 Å². The van der Waals surface area contributed by atoms with Crippen molar-refractivity contribution in [3.63, 3.8) is 0 Å². The summed E-state index contributed by atoms with van der Waals surface area (Å²) >= 11 is 0. The summed E-state index contributed by atoms with van der Waals surface area (Å²) in [4.78, 5) is 11.5. The number of nitrogens with zero attached hydrogens (tertiary/aromatic N) is 4. The molecule has 2 aromatic rings. The van der Waals surface area contributed by atoms with Crippen LogP contribution in [-0.4, -0.2) is 40.5 Å². The van der Waals surface area contributed by atoms with E-state index < -0.39 is 0 Å². The number of anilines is 1. The van der Waals surface area contributed by atoms with E-state index in [1.165, 1.54) is 17.7 Å². The van der Waals surface area contributed by atoms with Crippen LogP contribution in [0.5, 0.6) is 0 Å². The molecule has 3 heterocycles. The number of allylic oxidation sites excluding steroid dienone is 4. The smallest absolute Gasteiger partial charge is 0.154 e. The van der Waals surface area contributed by atoms with Crippen molar-refractivity contribution in [3.05, 3.63) is 42.6 Å². The molecule has 5 heteroatoms. The van der Waals surface area contributed by atoms with Crippen LogP contribution in [0.15, 0.2) is 36.9 Å². The summed E-state index contributed by atoms with van der Waals surface area (Å²) in [5.41, 5.74) is 3.62. The lowest BCUT2D eigenvalue weighted by atomic mass is 9.91. The van der Waals surface area contributed by atoms with Crippen LogP contribution >= 0.6 is 0 Å². The van der Waals surface area contributed by atoms with Gasteiger partial charge in [0.15, 0.2) is 5.82 Å². The highest BCUT2D eigenvalue weighted by Gasteiger charge is 2.19. The third kappa shape index (κ3) is 2.65. The van der Waals surface area contributed by atoms with Crippen molar-refractivity contribution in [2.75, 3.05) is 31.1 Å². The van der Waals surface area contributed by atoms with Crippen molar-refractivity contribution >= 4 is 16.9 Å². The molecule has 1 saturated heterocycles. The van der Waals surface area contributed by atoms with E-state index in [0.717, 1.165) is 43.9 Å². The van der Waals surface area contributed by atoms with Crippen molar-refractivity contribution in [3.8, 4) is 0 Å². The monoisotopic (exact) mass is 309 g/mol. The highest BCUT2D eigenvalue weighted by atomic mass is 15.2. The lowest BCUT2D eigenvalue weighted by Crippen LogP contribution is -2.44. The van der Waals surface area contributed by atoms with Gasteiger partial charge in [-0.25, -0.2) is 9.97 Å². The van der Waals surface area contributed by atoms with Crippen LogP contribution in [0, 0.1) is 5.92 Å². The van der Waals surface area contributed by atoms with E-state index >= 15 is 0 Å². The molecule has 1 aliphatic heterocycles. The van der Waals surface area contributed by atoms with Gasteiger partial charge in [0.25, 0.3) is 0 Å². The maximum atomic E-state index is 4.80. The minimum Gasteiger partial charge on any atom is -0.352 e. The first-order valence-corrected chi connectivity index (χ1v) is 8.51. The molecule has 5 nitrogen and oxygen atoms in total. The van der Waals surface area contributed by atoms with E-state index in [2.05, 4.69) is 44.8 Å². The zero-order valence-corrected chi connectivity index (χ0v) is 13.6. The van der Waals surface area contributed by atoms with Crippen LogP contribution in [0.3, 0.4) is 0 Å². The molecule has 1 unspecified atom stereocenters. The van der Waals surface area contributed by atoms with E-state index in [1.807, 2.05) is 18.7 Å². The Morgan fingerprint density at radius 1 is 1.26 bits per heavy atom. The van der Waals surface area contributed by atoms with Gasteiger partial charge in [0.05, 0.1) is 24.4 Å². The van der Waals surface area contributed by atoms with Gasteiger partial charge in [0.2, 0.25) is 0 Å². The predicted octanol–water partition coefficient (Wildman–Crippen LogP) is 2.51. The Balaban J connectivity index is 1.74. The van der Waals surface area contributed by atoms with Crippen molar-refractivity contribution in [1.29, 1.82) is 0 Å². The number of hydrogen-bond donors (Lipinski definition) is 1. The highest BCUT2D eigenvalue weighted by molar-refractivity contribution is 5.74. The fourth-order valence-electron chi connectivity index (χ4n) is 3.48. The second-order valence-corrected chi connectivity index (χ2v) is 6.30. The molecule has 2 aliphatic rings. The maximum Gasteiger partial charge on any atom is 0.154 e. The van der Waals surface area contributed by atoms with E-state index in [0.29, 0.717) is 5.92 Å². The summed E-state index contributed by atoms with van der Waals surface area (Å²) in [7, 11) is 0. The fraction of sp³-hybridized carbons (Fsp3) is 0.444. The first-order chi connectivity index (χ1) is 11.4. The van der Waals surface area contributed by atoms with Gasteiger partial charge in [0.1, 0.15) is 5.52 Å². The molecule has 4 rings (SSSR count). The number of imidazole rings is 1. The average Bonchev–Trinajstić information content (AvgIpc) is 3.11. The minimum atomic E-state index is 0.626. The lowest BCUT2D eigenvalue weighted by Gasteiger charge is -2.29. The van der Waals surface area contributed by atoms with Crippen LogP contribution in [0.1, 0.15) is 25.5 Å². The number of aromatic nitrogens is 3. The summed E-state index contributed by atoms with van der Waals surface area (Å²) in [6.45, 7) is 6.26.